The number of hydrogen-bond donors (Lipinski definition) is 3. The van der Waals surface area contributed by atoms with Crippen LogP contribution in [0.1, 0.15) is 47.0 Å². The number of benzene rings is 1. The first-order chi connectivity index (χ1) is 17.2. The van der Waals surface area contributed by atoms with Gasteiger partial charge in [-0.25, -0.2) is 0 Å². The molecule has 0 saturated carbocycles. The summed E-state index contributed by atoms with van der Waals surface area (Å²) < 4.78 is 4.75. The lowest BCUT2D eigenvalue weighted by Gasteiger charge is -2.37. The minimum Gasteiger partial charge on any atom is -0.494 e. The average Bonchev–Trinajstić information content (AvgIpc) is 3.43. The van der Waals surface area contributed by atoms with Gasteiger partial charge in [-0.3, -0.25) is 14.4 Å². The van der Waals surface area contributed by atoms with Crippen LogP contribution in [0.4, 0.5) is 5.69 Å². The van der Waals surface area contributed by atoms with Crippen LogP contribution < -0.4 is 15.4 Å². The topological polar surface area (TPSA) is 108 Å². The quantitative estimate of drug-likeness (QED) is 0.366. The van der Waals surface area contributed by atoms with Gasteiger partial charge in [-0.2, -0.15) is 0 Å². The Morgan fingerprint density at radius 1 is 1.25 bits per heavy atom. The molecule has 3 amide bonds. The number of alkyl halides is 1. The van der Waals surface area contributed by atoms with Crippen LogP contribution in [-0.4, -0.2) is 73.9 Å². The average molecular weight is 583 g/mol. The number of rotatable bonds is 10. The number of likely N-dealkylation sites (tertiary alicyclic amines) is 1. The van der Waals surface area contributed by atoms with Gasteiger partial charge in [0, 0.05) is 21.8 Å². The highest BCUT2D eigenvalue weighted by atomic mass is 79.9. The highest BCUT2D eigenvalue weighted by Gasteiger charge is 2.76. The molecular weight excluding hydrogens is 546 g/mol. The third kappa shape index (κ3) is 4.65. The van der Waals surface area contributed by atoms with E-state index in [0.717, 1.165) is 18.6 Å². The lowest BCUT2D eigenvalue weighted by molar-refractivity contribution is -0.141. The predicted octanol–water partition coefficient (Wildman–Crippen LogP) is 3.17. The number of hydrogen-bond acceptors (Lipinski definition) is 6. The van der Waals surface area contributed by atoms with E-state index in [2.05, 4.69) is 33.5 Å². The number of fused-ring (bicyclic) bond motifs is 1. The van der Waals surface area contributed by atoms with Crippen molar-refractivity contribution < 1.29 is 24.2 Å². The summed E-state index contributed by atoms with van der Waals surface area (Å²) in [6, 6.07) is 5.87. The fourth-order valence-electron chi connectivity index (χ4n) is 6.08. The summed E-state index contributed by atoms with van der Waals surface area (Å²) >= 11 is 5.36. The van der Waals surface area contributed by atoms with Crippen LogP contribution in [0.2, 0.25) is 0 Å². The summed E-state index contributed by atoms with van der Waals surface area (Å²) in [4.78, 5) is 42.7. The molecule has 3 N–H and O–H groups in total. The van der Waals surface area contributed by atoms with Crippen molar-refractivity contribution in [1.82, 2.24) is 10.2 Å². The normalized spacial score (nSPS) is 32.2. The number of amides is 3. The van der Waals surface area contributed by atoms with Crippen molar-refractivity contribution >= 4 is 51.1 Å². The zero-order valence-corrected chi connectivity index (χ0v) is 23.6. The molecule has 1 aromatic rings. The van der Waals surface area contributed by atoms with Crippen LogP contribution in [0.5, 0.6) is 5.75 Å². The van der Waals surface area contributed by atoms with E-state index in [0.29, 0.717) is 18.7 Å². The molecule has 1 spiro atoms. The first kappa shape index (κ1) is 27.3. The zero-order valence-electron chi connectivity index (χ0n) is 21.2. The molecule has 3 fully saturated rings. The highest BCUT2D eigenvalue weighted by Crippen LogP contribution is 2.68. The van der Waals surface area contributed by atoms with Crippen molar-refractivity contribution in [3.05, 3.63) is 24.3 Å². The molecule has 10 heteroatoms. The zero-order chi connectivity index (χ0) is 26.2. The predicted molar refractivity (Wildman–Crippen MR) is 144 cm³/mol. The van der Waals surface area contributed by atoms with Crippen LogP contribution >= 0.6 is 27.7 Å². The molecule has 0 radical (unpaired) electrons. The number of nitrogens with one attached hydrogen (secondary N) is 2. The largest absolute Gasteiger partial charge is 0.494 e. The van der Waals surface area contributed by atoms with Gasteiger partial charge < -0.3 is 25.4 Å². The van der Waals surface area contributed by atoms with Gasteiger partial charge in [-0.15, -0.1) is 11.8 Å². The SMILES string of the molecule is CCCC(C)NC(=O)C1N([C@H](C)CO)C(=O)[C@@H]2[C@@H](C(=O)Nc3ccc(OCC)cc3)[C@@H]3SC12CC3Br. The minimum absolute atomic E-state index is 0.00428. The third-order valence-corrected chi connectivity index (χ3v) is 10.8. The number of thioether (sulfide) groups is 1. The van der Waals surface area contributed by atoms with Gasteiger partial charge in [-0.1, -0.05) is 29.3 Å². The van der Waals surface area contributed by atoms with Crippen molar-refractivity contribution in [2.75, 3.05) is 18.5 Å². The molecule has 3 saturated heterocycles. The highest BCUT2D eigenvalue weighted by molar-refractivity contribution is 9.09. The molecule has 198 valence electrons. The van der Waals surface area contributed by atoms with Crippen molar-refractivity contribution in [3.63, 3.8) is 0 Å². The second-order valence-corrected chi connectivity index (χ2v) is 12.8. The van der Waals surface area contributed by atoms with Gasteiger partial charge in [0.25, 0.3) is 0 Å². The van der Waals surface area contributed by atoms with E-state index < -0.39 is 28.7 Å². The second kappa shape index (κ2) is 10.9. The first-order valence-corrected chi connectivity index (χ1v) is 14.6. The van der Waals surface area contributed by atoms with E-state index in [9.17, 15) is 19.5 Å². The van der Waals surface area contributed by atoms with Gasteiger partial charge in [0.2, 0.25) is 17.7 Å². The molecule has 0 aromatic heterocycles. The number of nitrogens with zero attached hydrogens (tertiary/aromatic N) is 1. The van der Waals surface area contributed by atoms with E-state index in [1.807, 2.05) is 13.8 Å². The molecule has 4 unspecified atom stereocenters. The van der Waals surface area contributed by atoms with Gasteiger partial charge in [-0.05, 0) is 57.9 Å². The second-order valence-electron chi connectivity index (χ2n) is 10.1. The number of aliphatic hydroxyl groups excluding tert-OH is 1. The smallest absolute Gasteiger partial charge is 0.244 e. The molecule has 36 heavy (non-hydrogen) atoms. The fourth-order valence-corrected chi connectivity index (χ4v) is 9.68. The lowest BCUT2D eigenvalue weighted by atomic mass is 9.70. The third-order valence-electron chi connectivity index (χ3n) is 7.56. The first-order valence-electron chi connectivity index (χ1n) is 12.8. The number of carbonyl (C=O) groups excluding carboxylic acids is 3. The van der Waals surface area contributed by atoms with Crippen molar-refractivity contribution in [1.29, 1.82) is 0 Å². The Morgan fingerprint density at radius 3 is 2.56 bits per heavy atom. The van der Waals surface area contributed by atoms with Crippen molar-refractivity contribution in [2.24, 2.45) is 11.8 Å². The summed E-state index contributed by atoms with van der Waals surface area (Å²) in [7, 11) is 0. The summed E-state index contributed by atoms with van der Waals surface area (Å²) in [5.41, 5.74) is 0.630. The van der Waals surface area contributed by atoms with Crippen LogP contribution in [0.25, 0.3) is 0 Å². The van der Waals surface area contributed by atoms with E-state index in [1.165, 1.54) is 0 Å². The monoisotopic (exact) mass is 581 g/mol. The van der Waals surface area contributed by atoms with Crippen molar-refractivity contribution in [2.45, 2.75) is 79.9 Å². The van der Waals surface area contributed by atoms with Crippen LogP contribution in [0.15, 0.2) is 24.3 Å². The van der Waals surface area contributed by atoms with Gasteiger partial charge in [0.15, 0.2) is 0 Å². The standard InChI is InChI=1S/C26H36BrN3O5S/c1-5-7-14(3)28-24(33)22-26-12-18(27)21(36-26)19(20(26)25(34)30(22)15(4)13-31)23(32)29-16-8-10-17(11-9-16)35-6-2/h8-11,14-15,18-22,31H,5-7,12-13H2,1-4H3,(H,28,33)(H,29,32)/t14?,15-,18?,19-,20+,21-,22?,26?/m1/s1. The van der Waals surface area contributed by atoms with Gasteiger partial charge in [0.1, 0.15) is 11.8 Å². The summed E-state index contributed by atoms with van der Waals surface area (Å²) in [5, 5.41) is 15.9. The number of halogens is 1. The van der Waals surface area contributed by atoms with E-state index in [-0.39, 0.29) is 40.4 Å². The van der Waals surface area contributed by atoms with Crippen LogP contribution in [0.3, 0.4) is 0 Å². The fraction of sp³-hybridized carbons (Fsp3) is 0.654. The number of carbonyl (C=O) groups is 3. The Hall–Kier alpha value is -1.78. The molecule has 0 aliphatic carbocycles. The number of aliphatic hydroxyl groups is 1. The van der Waals surface area contributed by atoms with Crippen molar-refractivity contribution in [3.8, 4) is 5.75 Å². The maximum atomic E-state index is 13.9. The Balaban J connectivity index is 1.64. The number of anilines is 1. The van der Waals surface area contributed by atoms with Crippen LogP contribution in [0, 0.1) is 11.8 Å². The lowest BCUT2D eigenvalue weighted by Crippen LogP contribution is -2.57. The Morgan fingerprint density at radius 2 is 1.94 bits per heavy atom. The molecule has 1 aromatic carbocycles. The molecule has 3 aliphatic heterocycles. The molecular formula is C26H36BrN3O5S. The maximum absolute atomic E-state index is 13.9. The summed E-state index contributed by atoms with van der Waals surface area (Å²) in [6.07, 6.45) is 2.38. The molecule has 3 aliphatic rings. The maximum Gasteiger partial charge on any atom is 0.244 e. The van der Waals surface area contributed by atoms with E-state index >= 15 is 0 Å². The van der Waals surface area contributed by atoms with E-state index in [1.54, 1.807) is 47.9 Å². The summed E-state index contributed by atoms with van der Waals surface area (Å²) in [6.45, 7) is 7.99. The minimum atomic E-state index is -0.741. The van der Waals surface area contributed by atoms with Gasteiger partial charge >= 0.3 is 0 Å². The Bertz CT molecular complexity index is 994. The Labute approximate surface area is 225 Å². The Kier molecular flexibility index (Phi) is 8.26. The molecule has 2 bridgehead atoms. The van der Waals surface area contributed by atoms with Gasteiger partial charge in [0.05, 0.1) is 35.8 Å². The molecule has 8 nitrogen and oxygen atoms in total. The molecule has 3 heterocycles. The molecule has 4 rings (SSSR count). The van der Waals surface area contributed by atoms with E-state index in [4.69, 9.17) is 4.74 Å². The number of ether oxygens (including phenoxy) is 1. The summed E-state index contributed by atoms with van der Waals surface area (Å²) in [5.74, 6) is -1.15. The molecule has 8 atom stereocenters. The van der Waals surface area contributed by atoms with Crippen LogP contribution in [-0.2, 0) is 14.4 Å².